The summed E-state index contributed by atoms with van der Waals surface area (Å²) in [5.74, 6) is -0.367. The number of amides is 1. The van der Waals surface area contributed by atoms with Crippen molar-refractivity contribution in [2.24, 2.45) is 0 Å². The number of carbonyl (C=O) groups excluding carboxylic acids is 2. The molecular weight excluding hydrogens is 308 g/mol. The SMILES string of the molecule is CCCCOC(=O)C1(NC(=O)OCc2ccccc2)CCNCC1. The monoisotopic (exact) mass is 334 g/mol. The van der Waals surface area contributed by atoms with Gasteiger partial charge < -0.3 is 20.1 Å². The number of esters is 1. The molecule has 0 atom stereocenters. The van der Waals surface area contributed by atoms with Crippen LogP contribution in [0.25, 0.3) is 0 Å². The summed E-state index contributed by atoms with van der Waals surface area (Å²) in [6, 6.07) is 9.44. The number of alkyl carbamates (subject to hydrolysis) is 1. The molecule has 1 aliphatic rings. The van der Waals surface area contributed by atoms with Crippen molar-refractivity contribution in [1.82, 2.24) is 10.6 Å². The van der Waals surface area contributed by atoms with E-state index in [2.05, 4.69) is 10.6 Å². The Morgan fingerprint density at radius 3 is 2.54 bits per heavy atom. The zero-order valence-corrected chi connectivity index (χ0v) is 14.2. The maximum Gasteiger partial charge on any atom is 0.408 e. The number of benzene rings is 1. The van der Waals surface area contributed by atoms with Gasteiger partial charge in [-0.25, -0.2) is 9.59 Å². The first-order valence-corrected chi connectivity index (χ1v) is 8.53. The first kappa shape index (κ1) is 18.3. The van der Waals surface area contributed by atoms with Crippen LogP contribution in [0.1, 0.15) is 38.2 Å². The average molecular weight is 334 g/mol. The summed E-state index contributed by atoms with van der Waals surface area (Å²) in [7, 11) is 0. The molecule has 6 nitrogen and oxygen atoms in total. The molecule has 0 bridgehead atoms. The number of piperidine rings is 1. The molecule has 0 aromatic heterocycles. The van der Waals surface area contributed by atoms with E-state index < -0.39 is 11.6 Å². The van der Waals surface area contributed by atoms with Crippen LogP contribution in [0.3, 0.4) is 0 Å². The zero-order chi connectivity index (χ0) is 17.3. The van der Waals surface area contributed by atoms with Crippen LogP contribution in [0.15, 0.2) is 30.3 Å². The highest BCUT2D eigenvalue weighted by atomic mass is 16.6. The standard InChI is InChI=1S/C18H26N2O4/c1-2-3-13-23-16(21)18(9-11-19-12-10-18)20-17(22)24-14-15-7-5-4-6-8-15/h4-8,19H,2-3,9-14H2,1H3,(H,20,22). The van der Waals surface area contributed by atoms with Crippen molar-refractivity contribution in [3.8, 4) is 0 Å². The molecule has 0 spiro atoms. The molecule has 0 saturated carbocycles. The number of unbranched alkanes of at least 4 members (excludes halogenated alkanes) is 1. The van der Waals surface area contributed by atoms with Crippen molar-refractivity contribution in [2.45, 2.75) is 44.8 Å². The Morgan fingerprint density at radius 2 is 1.88 bits per heavy atom. The molecule has 0 radical (unpaired) electrons. The number of nitrogens with one attached hydrogen (secondary N) is 2. The fourth-order valence-corrected chi connectivity index (χ4v) is 2.64. The van der Waals surface area contributed by atoms with E-state index in [4.69, 9.17) is 9.47 Å². The number of rotatable bonds is 7. The van der Waals surface area contributed by atoms with E-state index >= 15 is 0 Å². The van der Waals surface area contributed by atoms with Gasteiger partial charge in [0.05, 0.1) is 6.61 Å². The van der Waals surface area contributed by atoms with Gasteiger partial charge in [-0.1, -0.05) is 43.7 Å². The minimum Gasteiger partial charge on any atom is -0.464 e. The fourth-order valence-electron chi connectivity index (χ4n) is 2.64. The molecule has 1 fully saturated rings. The van der Waals surface area contributed by atoms with Gasteiger partial charge >= 0.3 is 12.1 Å². The third-order valence-electron chi connectivity index (χ3n) is 4.13. The number of ether oxygens (including phenoxy) is 2. The van der Waals surface area contributed by atoms with E-state index in [1.54, 1.807) is 0 Å². The molecule has 1 saturated heterocycles. The van der Waals surface area contributed by atoms with Gasteiger partial charge in [-0.05, 0) is 37.9 Å². The van der Waals surface area contributed by atoms with E-state index in [1.165, 1.54) is 0 Å². The highest BCUT2D eigenvalue weighted by Gasteiger charge is 2.43. The largest absolute Gasteiger partial charge is 0.464 e. The van der Waals surface area contributed by atoms with Gasteiger partial charge in [-0.3, -0.25) is 0 Å². The topological polar surface area (TPSA) is 76.7 Å². The number of hydrogen-bond donors (Lipinski definition) is 2. The molecular formula is C18H26N2O4. The maximum atomic E-state index is 12.5. The second-order valence-corrected chi connectivity index (χ2v) is 6.01. The summed E-state index contributed by atoms with van der Waals surface area (Å²) < 4.78 is 10.6. The Hall–Kier alpha value is -2.08. The lowest BCUT2D eigenvalue weighted by molar-refractivity contribution is -0.153. The lowest BCUT2D eigenvalue weighted by Gasteiger charge is -2.35. The molecule has 1 heterocycles. The Morgan fingerprint density at radius 1 is 1.17 bits per heavy atom. The van der Waals surface area contributed by atoms with Gasteiger partial charge in [0.15, 0.2) is 0 Å². The predicted octanol–water partition coefficient (Wildman–Crippen LogP) is 2.38. The van der Waals surface area contributed by atoms with Gasteiger partial charge in [0.2, 0.25) is 0 Å². The van der Waals surface area contributed by atoms with Gasteiger partial charge in [0.25, 0.3) is 0 Å². The normalized spacial score (nSPS) is 16.2. The quantitative estimate of drug-likeness (QED) is 0.591. The van der Waals surface area contributed by atoms with Crippen LogP contribution in [0.4, 0.5) is 4.79 Å². The highest BCUT2D eigenvalue weighted by Crippen LogP contribution is 2.21. The number of carbonyl (C=O) groups is 2. The highest BCUT2D eigenvalue weighted by molar-refractivity contribution is 5.86. The Bertz CT molecular complexity index is 527. The molecule has 6 heteroatoms. The molecule has 1 aromatic rings. The minimum absolute atomic E-state index is 0.173. The third kappa shape index (κ3) is 5.23. The number of hydrogen-bond acceptors (Lipinski definition) is 5. The van der Waals surface area contributed by atoms with Crippen LogP contribution < -0.4 is 10.6 Å². The first-order valence-electron chi connectivity index (χ1n) is 8.53. The molecule has 24 heavy (non-hydrogen) atoms. The summed E-state index contributed by atoms with van der Waals surface area (Å²) in [5, 5.41) is 5.95. The third-order valence-corrected chi connectivity index (χ3v) is 4.13. The van der Waals surface area contributed by atoms with E-state index in [0.29, 0.717) is 32.5 Å². The van der Waals surface area contributed by atoms with Crippen molar-refractivity contribution in [2.75, 3.05) is 19.7 Å². The van der Waals surface area contributed by atoms with Crippen molar-refractivity contribution in [3.05, 3.63) is 35.9 Å². The smallest absolute Gasteiger partial charge is 0.408 e. The Balaban J connectivity index is 1.92. The predicted molar refractivity (Wildman–Crippen MR) is 90.5 cm³/mol. The van der Waals surface area contributed by atoms with Crippen LogP contribution in [0.5, 0.6) is 0 Å². The minimum atomic E-state index is -0.993. The second-order valence-electron chi connectivity index (χ2n) is 6.01. The van der Waals surface area contributed by atoms with E-state index in [9.17, 15) is 9.59 Å². The van der Waals surface area contributed by atoms with Gasteiger partial charge in [-0.15, -0.1) is 0 Å². The summed E-state index contributed by atoms with van der Waals surface area (Å²) in [6.45, 7) is 3.90. The molecule has 2 N–H and O–H groups in total. The van der Waals surface area contributed by atoms with Crippen LogP contribution in [0, 0.1) is 0 Å². The maximum absolute atomic E-state index is 12.5. The van der Waals surface area contributed by atoms with Crippen molar-refractivity contribution >= 4 is 12.1 Å². The van der Waals surface area contributed by atoms with Crippen molar-refractivity contribution in [1.29, 1.82) is 0 Å². The first-order chi connectivity index (χ1) is 11.7. The molecule has 1 aliphatic heterocycles. The lowest BCUT2D eigenvalue weighted by Crippen LogP contribution is -2.60. The van der Waals surface area contributed by atoms with E-state index in [1.807, 2.05) is 37.3 Å². The second kappa shape index (κ2) is 9.27. The average Bonchev–Trinajstić information content (AvgIpc) is 2.62. The summed E-state index contributed by atoms with van der Waals surface area (Å²) in [5.41, 5.74) is -0.0928. The molecule has 132 valence electrons. The lowest BCUT2D eigenvalue weighted by atomic mass is 9.88. The zero-order valence-electron chi connectivity index (χ0n) is 14.2. The summed E-state index contributed by atoms with van der Waals surface area (Å²) in [4.78, 5) is 24.6. The van der Waals surface area contributed by atoms with Gasteiger partial charge in [0.1, 0.15) is 12.1 Å². The van der Waals surface area contributed by atoms with Gasteiger partial charge in [0, 0.05) is 0 Å². The summed E-state index contributed by atoms with van der Waals surface area (Å²) in [6.07, 6.45) is 2.18. The van der Waals surface area contributed by atoms with Crippen LogP contribution >= 0.6 is 0 Å². The van der Waals surface area contributed by atoms with E-state index in [0.717, 1.165) is 18.4 Å². The molecule has 2 rings (SSSR count). The molecule has 1 aromatic carbocycles. The Kier molecular flexibility index (Phi) is 7.06. The molecule has 0 unspecified atom stereocenters. The van der Waals surface area contributed by atoms with Crippen molar-refractivity contribution < 1.29 is 19.1 Å². The molecule has 1 amide bonds. The Labute approximate surface area is 142 Å². The fraction of sp³-hybridized carbons (Fsp3) is 0.556. The molecule has 0 aliphatic carbocycles. The van der Waals surface area contributed by atoms with Gasteiger partial charge in [-0.2, -0.15) is 0 Å². The van der Waals surface area contributed by atoms with Crippen LogP contribution in [-0.4, -0.2) is 37.3 Å². The van der Waals surface area contributed by atoms with Crippen LogP contribution in [0.2, 0.25) is 0 Å². The van der Waals surface area contributed by atoms with Crippen LogP contribution in [-0.2, 0) is 20.9 Å². The summed E-state index contributed by atoms with van der Waals surface area (Å²) >= 11 is 0. The van der Waals surface area contributed by atoms with Crippen molar-refractivity contribution in [3.63, 3.8) is 0 Å². The van der Waals surface area contributed by atoms with E-state index in [-0.39, 0.29) is 12.6 Å².